The van der Waals surface area contributed by atoms with Gasteiger partial charge in [0.25, 0.3) is 0 Å². The van der Waals surface area contributed by atoms with Gasteiger partial charge in [-0.2, -0.15) is 0 Å². The van der Waals surface area contributed by atoms with Crippen molar-refractivity contribution in [2.75, 3.05) is 13.7 Å². The zero-order chi connectivity index (χ0) is 21.7. The van der Waals surface area contributed by atoms with Crippen molar-refractivity contribution < 1.29 is 14.3 Å². The van der Waals surface area contributed by atoms with Gasteiger partial charge >= 0.3 is 5.97 Å². The molecule has 3 aromatic carbocycles. The summed E-state index contributed by atoms with van der Waals surface area (Å²) in [5.41, 5.74) is 3.41. The molecule has 0 atom stereocenters. The highest BCUT2D eigenvalue weighted by Crippen LogP contribution is 2.50. The number of hydrogen-bond acceptors (Lipinski definition) is 4. The number of benzene rings is 3. The van der Waals surface area contributed by atoms with Crippen molar-refractivity contribution in [1.82, 2.24) is 4.98 Å². The smallest absolute Gasteiger partial charge is 0.341 e. The van der Waals surface area contributed by atoms with Crippen molar-refractivity contribution in [3.8, 4) is 16.9 Å². The summed E-state index contributed by atoms with van der Waals surface area (Å²) in [6.45, 7) is 2.13. The van der Waals surface area contributed by atoms with E-state index in [1.807, 2.05) is 43.3 Å². The summed E-state index contributed by atoms with van der Waals surface area (Å²) in [5, 5.41) is 3.03. The third kappa shape index (κ3) is 3.18. The molecule has 0 amide bonds. The molecule has 0 spiro atoms. The summed E-state index contributed by atoms with van der Waals surface area (Å²) >= 11 is 9.18. The molecule has 0 aliphatic carbocycles. The summed E-state index contributed by atoms with van der Waals surface area (Å²) in [5.74, 6) is 0.444. The molecule has 0 saturated carbocycles. The Balaban J connectivity index is 1.98. The molecule has 0 unspecified atom stereocenters. The maximum absolute atomic E-state index is 13.0. The second-order valence-electron chi connectivity index (χ2n) is 7.00. The van der Waals surface area contributed by atoms with Crippen molar-refractivity contribution in [3.63, 3.8) is 0 Å². The number of carbonyl (C=O) groups excluding carboxylic acids is 1. The highest BCUT2D eigenvalue weighted by Gasteiger charge is 2.27. The fourth-order valence-corrected chi connectivity index (χ4v) is 6.58. The van der Waals surface area contributed by atoms with E-state index in [1.165, 1.54) is 4.70 Å². The number of fused-ring (bicyclic) bond motifs is 5. The van der Waals surface area contributed by atoms with Crippen molar-refractivity contribution in [1.29, 1.82) is 0 Å². The molecule has 0 bridgehead atoms. The zero-order valence-corrected chi connectivity index (χ0v) is 20.7. The molecule has 31 heavy (non-hydrogen) atoms. The molecule has 2 heterocycles. The van der Waals surface area contributed by atoms with E-state index in [-0.39, 0.29) is 5.97 Å². The van der Waals surface area contributed by atoms with Gasteiger partial charge in [0.15, 0.2) is 0 Å². The first-order valence-corrected chi connectivity index (χ1v) is 12.1. The minimum absolute atomic E-state index is 0.313. The first kappa shape index (κ1) is 20.5. The van der Waals surface area contributed by atoms with Gasteiger partial charge in [0, 0.05) is 30.9 Å². The number of nitrogens with one attached hydrogen (secondary N) is 1. The second kappa shape index (κ2) is 7.97. The molecule has 5 aromatic rings. The minimum atomic E-state index is -0.347. The molecule has 0 radical (unpaired) electrons. The highest BCUT2D eigenvalue weighted by atomic mass is 79.9. The number of carbonyl (C=O) groups is 1. The Kier molecular flexibility index (Phi) is 5.28. The van der Waals surface area contributed by atoms with Crippen LogP contribution in [0.3, 0.4) is 0 Å². The summed E-state index contributed by atoms with van der Waals surface area (Å²) in [7, 11) is 1.65. The number of rotatable bonds is 4. The maximum Gasteiger partial charge on any atom is 0.341 e. The van der Waals surface area contributed by atoms with Gasteiger partial charge < -0.3 is 14.5 Å². The minimum Gasteiger partial charge on any atom is -0.497 e. The molecule has 156 valence electrons. The van der Waals surface area contributed by atoms with Gasteiger partial charge in [0.1, 0.15) is 11.3 Å². The van der Waals surface area contributed by atoms with E-state index in [0.29, 0.717) is 16.8 Å². The van der Waals surface area contributed by atoms with Gasteiger partial charge in [-0.1, -0.05) is 30.3 Å². The second-order valence-corrected chi connectivity index (χ2v) is 9.64. The Morgan fingerprint density at radius 1 is 1.06 bits per heavy atom. The number of hydrogen-bond donors (Lipinski definition) is 1. The Labute approximate surface area is 199 Å². The Hall–Kier alpha value is -2.35. The van der Waals surface area contributed by atoms with Gasteiger partial charge in [-0.05, 0) is 62.5 Å². The molecule has 0 aliphatic heterocycles. The van der Waals surface area contributed by atoms with Crippen LogP contribution in [-0.2, 0) is 4.74 Å². The summed E-state index contributed by atoms with van der Waals surface area (Å²) in [4.78, 5) is 16.4. The fraction of sp³-hybridized carbons (Fsp3) is 0.125. The largest absolute Gasteiger partial charge is 0.497 e. The summed E-state index contributed by atoms with van der Waals surface area (Å²) in [6, 6.07) is 16.2. The molecule has 1 N–H and O–H groups in total. The van der Waals surface area contributed by atoms with Crippen LogP contribution in [0.1, 0.15) is 17.3 Å². The predicted octanol–water partition coefficient (Wildman–Crippen LogP) is 7.91. The molecular formula is C24H17Br2NO3S. The lowest BCUT2D eigenvalue weighted by Gasteiger charge is -2.11. The van der Waals surface area contributed by atoms with E-state index in [9.17, 15) is 4.79 Å². The van der Waals surface area contributed by atoms with Crippen LogP contribution in [0.4, 0.5) is 0 Å². The van der Waals surface area contributed by atoms with Gasteiger partial charge in [0.2, 0.25) is 0 Å². The Morgan fingerprint density at radius 3 is 2.52 bits per heavy atom. The molecule has 5 rings (SSSR count). The Morgan fingerprint density at radius 2 is 1.81 bits per heavy atom. The maximum atomic E-state index is 13.0. The van der Waals surface area contributed by atoms with Gasteiger partial charge in [-0.25, -0.2) is 4.79 Å². The highest BCUT2D eigenvalue weighted by molar-refractivity contribution is 9.11. The van der Waals surface area contributed by atoms with Crippen molar-refractivity contribution in [2.45, 2.75) is 6.92 Å². The van der Waals surface area contributed by atoms with E-state index < -0.39 is 0 Å². The third-order valence-corrected chi connectivity index (χ3v) is 8.17. The van der Waals surface area contributed by atoms with Gasteiger partial charge in [-0.15, -0.1) is 11.3 Å². The van der Waals surface area contributed by atoms with Crippen molar-refractivity contribution in [3.05, 3.63) is 63.2 Å². The first-order valence-electron chi connectivity index (χ1n) is 9.70. The van der Waals surface area contributed by atoms with E-state index in [4.69, 9.17) is 9.47 Å². The lowest BCUT2D eigenvalue weighted by molar-refractivity contribution is 0.0527. The fourth-order valence-electron chi connectivity index (χ4n) is 4.00. The first-order chi connectivity index (χ1) is 15.0. The predicted molar refractivity (Wildman–Crippen MR) is 135 cm³/mol. The molecule has 0 aliphatic rings. The van der Waals surface area contributed by atoms with Gasteiger partial charge in [-0.3, -0.25) is 0 Å². The lowest BCUT2D eigenvalue weighted by atomic mass is 9.97. The van der Waals surface area contributed by atoms with E-state index in [0.717, 1.165) is 47.7 Å². The molecule has 0 fully saturated rings. The number of esters is 1. The monoisotopic (exact) mass is 557 g/mol. The van der Waals surface area contributed by atoms with Crippen molar-refractivity contribution in [2.24, 2.45) is 0 Å². The van der Waals surface area contributed by atoms with Crippen LogP contribution in [0.2, 0.25) is 0 Å². The van der Waals surface area contributed by atoms with Crippen LogP contribution in [0, 0.1) is 0 Å². The Bertz CT molecular complexity index is 1470. The summed E-state index contributed by atoms with van der Waals surface area (Å²) in [6.07, 6.45) is 0. The average Bonchev–Trinajstić information content (AvgIpc) is 3.32. The quantitative estimate of drug-likeness (QED) is 0.228. The number of thiophene rings is 1. The van der Waals surface area contributed by atoms with Gasteiger partial charge in [0.05, 0.1) is 28.5 Å². The third-order valence-electron chi connectivity index (χ3n) is 5.33. The van der Waals surface area contributed by atoms with Crippen LogP contribution >= 0.6 is 43.2 Å². The van der Waals surface area contributed by atoms with Crippen LogP contribution in [0.5, 0.6) is 5.75 Å². The SMILES string of the molecule is CCOC(=O)c1c(Br)[nH]c2c(-c3ccc(OC)cc3)c(Br)c3sc4ccccc4c3c12. The number of halogens is 2. The van der Waals surface area contributed by atoms with Crippen LogP contribution in [-0.4, -0.2) is 24.7 Å². The molecule has 2 aromatic heterocycles. The van der Waals surface area contributed by atoms with E-state index >= 15 is 0 Å². The number of aromatic amines is 1. The molecule has 7 heteroatoms. The normalized spacial score (nSPS) is 11.5. The number of methoxy groups -OCH3 is 1. The average molecular weight is 559 g/mol. The van der Waals surface area contributed by atoms with Crippen LogP contribution in [0.15, 0.2) is 57.6 Å². The van der Waals surface area contributed by atoms with E-state index in [1.54, 1.807) is 18.4 Å². The molecule has 0 saturated heterocycles. The standard InChI is InChI=1S/C24H17Br2NO3S/c1-3-30-24(28)19-18-17-14-6-4-5-7-15(14)31-22(17)20(25)16(21(18)27-23(19)26)12-8-10-13(29-2)11-9-12/h4-11,27H,3H2,1-2H3. The lowest BCUT2D eigenvalue weighted by Crippen LogP contribution is -2.04. The van der Waals surface area contributed by atoms with Crippen LogP contribution < -0.4 is 4.74 Å². The molecular weight excluding hydrogens is 542 g/mol. The number of aromatic nitrogens is 1. The summed E-state index contributed by atoms with van der Waals surface area (Å²) < 4.78 is 14.6. The zero-order valence-electron chi connectivity index (χ0n) is 16.7. The van der Waals surface area contributed by atoms with Crippen molar-refractivity contribution >= 4 is 80.2 Å². The van der Waals surface area contributed by atoms with Crippen LogP contribution in [0.25, 0.3) is 42.2 Å². The number of H-pyrrole nitrogens is 1. The van der Waals surface area contributed by atoms with E-state index in [2.05, 4.69) is 49.0 Å². The topological polar surface area (TPSA) is 51.3 Å². The number of ether oxygens (including phenoxy) is 2. The molecule has 4 nitrogen and oxygen atoms in total.